The summed E-state index contributed by atoms with van der Waals surface area (Å²) in [6, 6.07) is 5.21. The molecule has 0 spiro atoms. The molecule has 0 unspecified atom stereocenters. The minimum atomic E-state index is -0.0172. The summed E-state index contributed by atoms with van der Waals surface area (Å²) in [5.74, 6) is 0.559. The first-order valence-electron chi connectivity index (χ1n) is 3.96. The van der Waals surface area contributed by atoms with Gasteiger partial charge in [-0.25, -0.2) is 4.98 Å². The molecule has 4 N–H and O–H groups in total. The number of amidine groups is 1. The number of thioether (sulfide) groups is 1. The van der Waals surface area contributed by atoms with Crippen LogP contribution in [0.3, 0.4) is 0 Å². The van der Waals surface area contributed by atoms with Crippen LogP contribution in [0.5, 0.6) is 0 Å². The second-order valence-electron chi connectivity index (χ2n) is 2.42. The van der Waals surface area contributed by atoms with E-state index in [2.05, 4.69) is 10.1 Å². The fourth-order valence-electron chi connectivity index (χ4n) is 0.839. The Morgan fingerprint density at radius 3 is 3.00 bits per heavy atom. The molecule has 1 rings (SSSR count). The SMILES string of the molecule is NC(=NO)c1cccc(SCCO)n1. The van der Waals surface area contributed by atoms with Crippen molar-refractivity contribution in [3.63, 3.8) is 0 Å². The Hall–Kier alpha value is -1.27. The molecular weight excluding hydrogens is 202 g/mol. The summed E-state index contributed by atoms with van der Waals surface area (Å²) in [6.07, 6.45) is 0. The number of nitrogens with zero attached hydrogens (tertiary/aromatic N) is 2. The molecule has 1 aromatic heterocycles. The molecule has 1 aromatic rings. The van der Waals surface area contributed by atoms with Gasteiger partial charge in [-0.1, -0.05) is 11.2 Å². The molecule has 0 aliphatic rings. The van der Waals surface area contributed by atoms with Crippen molar-refractivity contribution in [3.8, 4) is 0 Å². The average molecular weight is 213 g/mol. The van der Waals surface area contributed by atoms with E-state index in [1.54, 1.807) is 18.2 Å². The van der Waals surface area contributed by atoms with Gasteiger partial charge in [0.05, 0.1) is 11.6 Å². The summed E-state index contributed by atoms with van der Waals surface area (Å²) in [6.45, 7) is 0.0974. The second-order valence-corrected chi connectivity index (χ2v) is 3.53. The summed E-state index contributed by atoms with van der Waals surface area (Å²) in [5.41, 5.74) is 5.80. The van der Waals surface area contributed by atoms with Crippen LogP contribution >= 0.6 is 11.8 Å². The van der Waals surface area contributed by atoms with E-state index in [0.29, 0.717) is 11.4 Å². The smallest absolute Gasteiger partial charge is 0.188 e. The number of oxime groups is 1. The third-order valence-corrected chi connectivity index (χ3v) is 2.34. The van der Waals surface area contributed by atoms with Gasteiger partial charge in [-0.2, -0.15) is 0 Å². The molecule has 0 aliphatic carbocycles. The van der Waals surface area contributed by atoms with Gasteiger partial charge in [0.2, 0.25) is 0 Å². The molecule has 0 bridgehead atoms. The van der Waals surface area contributed by atoms with Crippen LogP contribution in [-0.2, 0) is 0 Å². The summed E-state index contributed by atoms with van der Waals surface area (Å²) >= 11 is 1.41. The maximum Gasteiger partial charge on any atom is 0.188 e. The quantitative estimate of drug-likeness (QED) is 0.219. The van der Waals surface area contributed by atoms with Gasteiger partial charge < -0.3 is 16.0 Å². The topological polar surface area (TPSA) is 91.7 Å². The van der Waals surface area contributed by atoms with Crippen molar-refractivity contribution in [2.45, 2.75) is 5.03 Å². The van der Waals surface area contributed by atoms with Crippen molar-refractivity contribution in [2.24, 2.45) is 10.9 Å². The third kappa shape index (κ3) is 2.90. The van der Waals surface area contributed by atoms with Crippen molar-refractivity contribution in [1.29, 1.82) is 0 Å². The van der Waals surface area contributed by atoms with E-state index in [0.717, 1.165) is 5.03 Å². The lowest BCUT2D eigenvalue weighted by Crippen LogP contribution is -2.15. The van der Waals surface area contributed by atoms with Crippen LogP contribution in [0.4, 0.5) is 0 Å². The monoisotopic (exact) mass is 213 g/mol. The highest BCUT2D eigenvalue weighted by molar-refractivity contribution is 7.99. The standard InChI is InChI=1S/C8H11N3O2S/c9-8(11-13)6-2-1-3-7(10-6)14-5-4-12/h1-3,12-13H,4-5H2,(H2,9,11). The molecule has 1 heterocycles. The normalized spacial score (nSPS) is 11.6. The molecule has 0 saturated carbocycles. The predicted molar refractivity (Wildman–Crippen MR) is 54.6 cm³/mol. The highest BCUT2D eigenvalue weighted by Crippen LogP contribution is 2.14. The van der Waals surface area contributed by atoms with Gasteiger partial charge in [-0.3, -0.25) is 0 Å². The lowest BCUT2D eigenvalue weighted by molar-refractivity contribution is 0.318. The molecule has 0 aliphatic heterocycles. The van der Waals surface area contributed by atoms with Crippen LogP contribution in [0.15, 0.2) is 28.4 Å². The van der Waals surface area contributed by atoms with E-state index in [-0.39, 0.29) is 12.4 Å². The zero-order valence-electron chi connectivity index (χ0n) is 7.42. The molecular formula is C8H11N3O2S. The van der Waals surface area contributed by atoms with E-state index in [4.69, 9.17) is 16.0 Å². The largest absolute Gasteiger partial charge is 0.409 e. The van der Waals surface area contributed by atoms with Crippen molar-refractivity contribution in [3.05, 3.63) is 23.9 Å². The Morgan fingerprint density at radius 2 is 2.36 bits per heavy atom. The average Bonchev–Trinajstić information content (AvgIpc) is 2.25. The molecule has 0 atom stereocenters. The van der Waals surface area contributed by atoms with E-state index >= 15 is 0 Å². The van der Waals surface area contributed by atoms with Gasteiger partial charge in [0.25, 0.3) is 0 Å². The van der Waals surface area contributed by atoms with Gasteiger partial charge in [0.15, 0.2) is 5.84 Å². The minimum absolute atomic E-state index is 0.0172. The molecule has 6 heteroatoms. The maximum absolute atomic E-state index is 8.62. The predicted octanol–water partition coefficient (Wildman–Crippen LogP) is 0.260. The van der Waals surface area contributed by atoms with E-state index in [9.17, 15) is 0 Å². The van der Waals surface area contributed by atoms with Crippen LogP contribution in [0.2, 0.25) is 0 Å². The van der Waals surface area contributed by atoms with Crippen molar-refractivity contribution in [1.82, 2.24) is 4.98 Å². The maximum atomic E-state index is 8.62. The van der Waals surface area contributed by atoms with Crippen LogP contribution in [-0.4, -0.2) is 33.5 Å². The van der Waals surface area contributed by atoms with E-state index in [1.807, 2.05) is 0 Å². The fraction of sp³-hybridized carbons (Fsp3) is 0.250. The highest BCUT2D eigenvalue weighted by Gasteiger charge is 2.02. The van der Waals surface area contributed by atoms with Crippen molar-refractivity contribution >= 4 is 17.6 Å². The molecule has 14 heavy (non-hydrogen) atoms. The Balaban J connectivity index is 2.79. The van der Waals surface area contributed by atoms with Crippen molar-refractivity contribution in [2.75, 3.05) is 12.4 Å². The van der Waals surface area contributed by atoms with Crippen LogP contribution in [0.25, 0.3) is 0 Å². The van der Waals surface area contributed by atoms with Crippen LogP contribution in [0, 0.1) is 0 Å². The van der Waals surface area contributed by atoms with E-state index in [1.165, 1.54) is 11.8 Å². The summed E-state index contributed by atoms with van der Waals surface area (Å²) < 4.78 is 0. The molecule has 0 amide bonds. The zero-order chi connectivity index (χ0) is 10.4. The van der Waals surface area contributed by atoms with Crippen LogP contribution < -0.4 is 5.73 Å². The zero-order valence-corrected chi connectivity index (χ0v) is 8.24. The molecule has 0 fully saturated rings. The first-order valence-corrected chi connectivity index (χ1v) is 4.95. The fourth-order valence-corrected chi connectivity index (χ4v) is 1.48. The molecule has 0 radical (unpaired) electrons. The lowest BCUT2D eigenvalue weighted by atomic mass is 10.3. The second kappa shape index (κ2) is 5.46. The first kappa shape index (κ1) is 10.8. The van der Waals surface area contributed by atoms with Gasteiger partial charge in [-0.05, 0) is 12.1 Å². The Kier molecular flexibility index (Phi) is 4.21. The number of nitrogens with two attached hydrogens (primary N) is 1. The molecule has 76 valence electrons. The molecule has 0 aromatic carbocycles. The lowest BCUT2D eigenvalue weighted by Gasteiger charge is -2.01. The first-order chi connectivity index (χ1) is 6.77. The third-order valence-electron chi connectivity index (χ3n) is 1.43. The van der Waals surface area contributed by atoms with E-state index < -0.39 is 0 Å². The number of hydrogen-bond donors (Lipinski definition) is 3. The number of aliphatic hydroxyl groups excluding tert-OH is 1. The van der Waals surface area contributed by atoms with Gasteiger partial charge >= 0.3 is 0 Å². The molecule has 0 saturated heterocycles. The van der Waals surface area contributed by atoms with Gasteiger partial charge in [0.1, 0.15) is 5.69 Å². The number of rotatable bonds is 4. The highest BCUT2D eigenvalue weighted by atomic mass is 32.2. The van der Waals surface area contributed by atoms with Gasteiger partial charge in [0, 0.05) is 5.75 Å². The summed E-state index contributed by atoms with van der Waals surface area (Å²) in [4.78, 5) is 4.12. The number of pyridine rings is 1. The minimum Gasteiger partial charge on any atom is -0.409 e. The van der Waals surface area contributed by atoms with Crippen molar-refractivity contribution < 1.29 is 10.3 Å². The number of aliphatic hydroxyl groups is 1. The van der Waals surface area contributed by atoms with Gasteiger partial charge in [-0.15, -0.1) is 11.8 Å². The molecule has 5 nitrogen and oxygen atoms in total. The summed E-state index contributed by atoms with van der Waals surface area (Å²) in [5, 5.41) is 20.6. The Labute approximate surface area is 85.6 Å². The Bertz CT molecular complexity index is 330. The Morgan fingerprint density at radius 1 is 1.57 bits per heavy atom. The summed E-state index contributed by atoms with van der Waals surface area (Å²) in [7, 11) is 0. The number of aromatic nitrogens is 1. The van der Waals surface area contributed by atoms with Crippen LogP contribution in [0.1, 0.15) is 5.69 Å². The number of hydrogen-bond acceptors (Lipinski definition) is 5.